The van der Waals surface area contributed by atoms with Crippen LogP contribution in [0.15, 0.2) is 18.2 Å². The van der Waals surface area contributed by atoms with E-state index in [1.165, 1.54) is 18.9 Å². The number of esters is 1. The number of amides is 1. The Morgan fingerprint density at radius 1 is 1.30 bits per heavy atom. The van der Waals surface area contributed by atoms with Gasteiger partial charge in [-0.25, -0.2) is 4.79 Å². The quantitative estimate of drug-likeness (QED) is 0.637. The largest absolute Gasteiger partial charge is 0.465 e. The molecule has 1 atom stereocenters. The summed E-state index contributed by atoms with van der Waals surface area (Å²) in [6.07, 6.45) is 0. The first-order valence-electron chi connectivity index (χ1n) is 6.98. The topological polar surface area (TPSA) is 77.3 Å². The standard InChI is InChI=1S/C15H16N4O3S/c1-8-16-17-14-15(3,23)19(9(2)20)11-7-5-6-10(13(21)22-4)12(11)18(8)14/h5-7,23H,1-4H3. The van der Waals surface area contributed by atoms with Crippen molar-refractivity contribution in [1.82, 2.24) is 14.8 Å². The van der Waals surface area contributed by atoms with E-state index in [-0.39, 0.29) is 5.91 Å². The minimum absolute atomic E-state index is 0.210. The van der Waals surface area contributed by atoms with Gasteiger partial charge < -0.3 is 4.74 Å². The lowest BCUT2D eigenvalue weighted by atomic mass is 10.0. The lowest BCUT2D eigenvalue weighted by molar-refractivity contribution is -0.117. The number of nitrogens with zero attached hydrogens (tertiary/aromatic N) is 4. The fourth-order valence-corrected chi connectivity index (χ4v) is 3.36. The third kappa shape index (κ3) is 2.05. The molecule has 8 heteroatoms. The highest BCUT2D eigenvalue weighted by Gasteiger charge is 2.44. The summed E-state index contributed by atoms with van der Waals surface area (Å²) in [5, 5.41) is 8.24. The van der Waals surface area contributed by atoms with Gasteiger partial charge in [-0.2, -0.15) is 0 Å². The molecule has 1 aromatic heterocycles. The Kier molecular flexibility index (Phi) is 3.44. The number of aromatic nitrogens is 3. The van der Waals surface area contributed by atoms with Crippen LogP contribution in [-0.2, 0) is 14.4 Å². The smallest absolute Gasteiger partial charge is 0.340 e. The number of carbonyl (C=O) groups excluding carboxylic acids is 2. The van der Waals surface area contributed by atoms with E-state index in [9.17, 15) is 9.59 Å². The first-order chi connectivity index (χ1) is 10.8. The highest BCUT2D eigenvalue weighted by molar-refractivity contribution is 7.81. The number of rotatable bonds is 1. The van der Waals surface area contributed by atoms with Crippen LogP contribution >= 0.6 is 12.6 Å². The van der Waals surface area contributed by atoms with Crippen LogP contribution < -0.4 is 4.90 Å². The van der Waals surface area contributed by atoms with E-state index in [2.05, 4.69) is 22.8 Å². The van der Waals surface area contributed by atoms with Gasteiger partial charge in [0.15, 0.2) is 5.82 Å². The molecule has 1 aromatic carbocycles. The fraction of sp³-hybridized carbons (Fsp3) is 0.333. The number of benzene rings is 1. The van der Waals surface area contributed by atoms with Crippen LogP contribution in [0, 0.1) is 6.92 Å². The van der Waals surface area contributed by atoms with Crippen LogP contribution in [-0.4, -0.2) is 33.8 Å². The number of aryl methyl sites for hydroxylation is 1. The number of methoxy groups -OCH3 is 1. The molecule has 2 aromatic rings. The van der Waals surface area contributed by atoms with E-state index in [1.807, 2.05) is 0 Å². The number of carbonyl (C=O) groups is 2. The zero-order valence-corrected chi connectivity index (χ0v) is 14.1. The summed E-state index contributed by atoms with van der Waals surface area (Å²) in [6, 6.07) is 5.11. The van der Waals surface area contributed by atoms with Crippen molar-refractivity contribution in [1.29, 1.82) is 0 Å². The highest BCUT2D eigenvalue weighted by atomic mass is 32.1. The van der Waals surface area contributed by atoms with Crippen LogP contribution in [0.25, 0.3) is 5.69 Å². The van der Waals surface area contributed by atoms with Crippen LogP contribution in [0.2, 0.25) is 0 Å². The maximum Gasteiger partial charge on any atom is 0.340 e. The summed E-state index contributed by atoms with van der Waals surface area (Å²) in [5.41, 5.74) is 1.43. The molecule has 0 bridgehead atoms. The average molecular weight is 332 g/mol. The molecule has 1 aliphatic heterocycles. The normalized spacial score (nSPS) is 19.1. The SMILES string of the molecule is COC(=O)c1cccc2c1-n1c(C)nnc1C(C)(S)N2C(C)=O. The molecule has 2 heterocycles. The molecular formula is C15H16N4O3S. The molecule has 0 saturated carbocycles. The van der Waals surface area contributed by atoms with Crippen molar-refractivity contribution < 1.29 is 14.3 Å². The van der Waals surface area contributed by atoms with Crippen LogP contribution in [0.4, 0.5) is 5.69 Å². The van der Waals surface area contributed by atoms with Crippen molar-refractivity contribution in [2.45, 2.75) is 25.6 Å². The molecule has 1 unspecified atom stereocenters. The number of ether oxygens (including phenoxy) is 1. The molecular weight excluding hydrogens is 316 g/mol. The molecule has 0 N–H and O–H groups in total. The van der Waals surface area contributed by atoms with E-state index >= 15 is 0 Å². The number of fused-ring (bicyclic) bond motifs is 3. The molecule has 23 heavy (non-hydrogen) atoms. The number of para-hydroxylation sites is 1. The summed E-state index contributed by atoms with van der Waals surface area (Å²) in [5.74, 6) is 0.364. The molecule has 7 nitrogen and oxygen atoms in total. The Morgan fingerprint density at radius 2 is 2.00 bits per heavy atom. The van der Waals surface area contributed by atoms with Crippen LogP contribution in [0.5, 0.6) is 0 Å². The van der Waals surface area contributed by atoms with Gasteiger partial charge in [0.1, 0.15) is 10.7 Å². The van der Waals surface area contributed by atoms with Gasteiger partial charge in [-0.15, -0.1) is 22.8 Å². The van der Waals surface area contributed by atoms with E-state index in [4.69, 9.17) is 4.74 Å². The monoisotopic (exact) mass is 332 g/mol. The van der Waals surface area contributed by atoms with Gasteiger partial charge in [-0.05, 0) is 26.0 Å². The van der Waals surface area contributed by atoms with E-state index < -0.39 is 10.8 Å². The Morgan fingerprint density at radius 3 is 2.61 bits per heavy atom. The summed E-state index contributed by atoms with van der Waals surface area (Å²) in [7, 11) is 1.32. The predicted octanol–water partition coefficient (Wildman–Crippen LogP) is 1.83. The number of hydrogen-bond acceptors (Lipinski definition) is 6. The molecule has 120 valence electrons. The second-order valence-corrected chi connectivity index (χ2v) is 6.32. The Balaban J connectivity index is 2.43. The summed E-state index contributed by atoms with van der Waals surface area (Å²) in [6.45, 7) is 4.99. The average Bonchev–Trinajstić information content (AvgIpc) is 2.88. The van der Waals surface area contributed by atoms with Gasteiger partial charge in [0.2, 0.25) is 5.91 Å². The fourth-order valence-electron chi connectivity index (χ4n) is 2.97. The second-order valence-electron chi connectivity index (χ2n) is 5.45. The minimum atomic E-state index is -0.991. The van der Waals surface area contributed by atoms with Crippen molar-refractivity contribution in [3.05, 3.63) is 35.4 Å². The van der Waals surface area contributed by atoms with Gasteiger partial charge in [0, 0.05) is 6.92 Å². The summed E-state index contributed by atoms with van der Waals surface area (Å²) < 4.78 is 6.61. The minimum Gasteiger partial charge on any atom is -0.465 e. The summed E-state index contributed by atoms with van der Waals surface area (Å²) >= 11 is 4.64. The zero-order chi connectivity index (χ0) is 16.9. The van der Waals surface area contributed by atoms with Crippen molar-refractivity contribution in [3.63, 3.8) is 0 Å². The lowest BCUT2D eigenvalue weighted by Gasteiger charge is -2.41. The maximum absolute atomic E-state index is 12.2. The maximum atomic E-state index is 12.2. The first-order valence-corrected chi connectivity index (χ1v) is 7.42. The summed E-state index contributed by atoms with van der Waals surface area (Å²) in [4.78, 5) is 24.9. The van der Waals surface area contributed by atoms with Crippen LogP contribution in [0.3, 0.4) is 0 Å². The lowest BCUT2D eigenvalue weighted by Crippen LogP contribution is -2.48. The number of hydrogen-bond donors (Lipinski definition) is 1. The number of anilines is 1. The second kappa shape index (κ2) is 5.09. The third-order valence-corrected chi connectivity index (χ3v) is 4.28. The number of thiol groups is 1. The van der Waals surface area contributed by atoms with Crippen molar-refractivity contribution in [3.8, 4) is 5.69 Å². The van der Waals surface area contributed by atoms with Gasteiger partial charge in [0.25, 0.3) is 0 Å². The van der Waals surface area contributed by atoms with Gasteiger partial charge in [-0.1, -0.05) is 6.07 Å². The van der Waals surface area contributed by atoms with Crippen molar-refractivity contribution >= 4 is 30.2 Å². The molecule has 3 rings (SSSR count). The van der Waals surface area contributed by atoms with Gasteiger partial charge >= 0.3 is 5.97 Å². The van der Waals surface area contributed by atoms with Gasteiger partial charge in [0.05, 0.1) is 24.0 Å². The van der Waals surface area contributed by atoms with E-state index in [0.29, 0.717) is 28.6 Å². The van der Waals surface area contributed by atoms with E-state index in [0.717, 1.165) is 0 Å². The highest BCUT2D eigenvalue weighted by Crippen LogP contribution is 2.45. The molecule has 0 saturated heterocycles. The van der Waals surface area contributed by atoms with Gasteiger partial charge in [-0.3, -0.25) is 14.3 Å². The van der Waals surface area contributed by atoms with Crippen molar-refractivity contribution in [2.75, 3.05) is 12.0 Å². The molecule has 0 radical (unpaired) electrons. The molecule has 1 amide bonds. The third-order valence-electron chi connectivity index (χ3n) is 3.88. The Hall–Kier alpha value is -2.35. The van der Waals surface area contributed by atoms with Crippen molar-refractivity contribution in [2.24, 2.45) is 0 Å². The molecule has 0 fully saturated rings. The Labute approximate surface area is 138 Å². The Bertz CT molecular complexity index is 828. The predicted molar refractivity (Wildman–Crippen MR) is 86.9 cm³/mol. The first kappa shape index (κ1) is 15.5. The molecule has 0 spiro atoms. The van der Waals surface area contributed by atoms with E-state index in [1.54, 1.807) is 36.6 Å². The molecule has 0 aliphatic carbocycles. The molecule has 1 aliphatic rings. The zero-order valence-electron chi connectivity index (χ0n) is 13.2. The van der Waals surface area contributed by atoms with Crippen LogP contribution in [0.1, 0.15) is 35.9 Å².